The van der Waals surface area contributed by atoms with Crippen LogP contribution < -0.4 is 0 Å². The summed E-state index contributed by atoms with van der Waals surface area (Å²) in [5.74, 6) is 0.665. The Morgan fingerprint density at radius 3 is 2.24 bits per heavy atom. The highest BCUT2D eigenvalue weighted by Crippen LogP contribution is 2.36. The Balaban J connectivity index is 1.83. The Morgan fingerprint density at radius 1 is 1.24 bits per heavy atom. The molecule has 0 aromatic carbocycles. The van der Waals surface area contributed by atoms with Crippen molar-refractivity contribution in [1.29, 1.82) is 0 Å². The number of hydrogen-bond donors (Lipinski definition) is 1. The number of carbonyl (C=O) groups is 1. The van der Waals surface area contributed by atoms with Crippen LogP contribution in [0.1, 0.15) is 33.1 Å². The molecule has 2 fully saturated rings. The average molecular weight is 240 g/mol. The number of carboxylic acid groups (broad SMARTS) is 1. The highest BCUT2D eigenvalue weighted by atomic mass is 16.4. The van der Waals surface area contributed by atoms with Crippen LogP contribution in [0.5, 0.6) is 0 Å². The minimum atomic E-state index is -0.760. The maximum atomic E-state index is 10.9. The smallest absolute Gasteiger partial charge is 0.407 e. The SMILES string of the molecule is CC(C)(CN1CCC1)C1CCN(C(=O)O)CC1. The average Bonchev–Trinajstić information content (AvgIpc) is 2.24. The number of nitrogens with zero attached hydrogens (tertiary/aromatic N) is 2. The minimum absolute atomic E-state index is 0.324. The van der Waals surface area contributed by atoms with Gasteiger partial charge in [0, 0.05) is 19.6 Å². The van der Waals surface area contributed by atoms with Crippen LogP contribution in [0.2, 0.25) is 0 Å². The van der Waals surface area contributed by atoms with Crippen molar-refractivity contribution in [3.8, 4) is 0 Å². The molecule has 4 heteroatoms. The number of amides is 1. The zero-order valence-electron chi connectivity index (χ0n) is 11.0. The Labute approximate surface area is 104 Å². The fraction of sp³-hybridized carbons (Fsp3) is 0.923. The van der Waals surface area contributed by atoms with Gasteiger partial charge in [0.1, 0.15) is 0 Å². The molecule has 0 bridgehead atoms. The van der Waals surface area contributed by atoms with E-state index in [4.69, 9.17) is 5.11 Å². The topological polar surface area (TPSA) is 43.8 Å². The second-order valence-electron chi connectivity index (χ2n) is 6.16. The molecule has 0 saturated carbocycles. The highest BCUT2D eigenvalue weighted by molar-refractivity contribution is 5.64. The Morgan fingerprint density at radius 2 is 1.82 bits per heavy atom. The van der Waals surface area contributed by atoms with Gasteiger partial charge in [0.25, 0.3) is 0 Å². The fourth-order valence-electron chi connectivity index (χ4n) is 3.10. The van der Waals surface area contributed by atoms with Crippen molar-refractivity contribution in [1.82, 2.24) is 9.80 Å². The first kappa shape index (κ1) is 12.7. The van der Waals surface area contributed by atoms with Crippen molar-refractivity contribution in [2.45, 2.75) is 33.1 Å². The molecule has 0 radical (unpaired) electrons. The standard InChI is InChI=1S/C13H24N2O2/c1-13(2,10-14-6-3-7-14)11-4-8-15(9-5-11)12(16)17/h11H,3-10H2,1-2H3,(H,16,17). The molecule has 2 heterocycles. The van der Waals surface area contributed by atoms with E-state index in [1.807, 2.05) is 0 Å². The van der Waals surface area contributed by atoms with E-state index in [1.54, 1.807) is 4.90 Å². The van der Waals surface area contributed by atoms with Gasteiger partial charge in [0.05, 0.1) is 0 Å². The first-order chi connectivity index (χ1) is 7.99. The van der Waals surface area contributed by atoms with Crippen molar-refractivity contribution in [2.24, 2.45) is 11.3 Å². The van der Waals surface area contributed by atoms with E-state index in [0.717, 1.165) is 12.8 Å². The summed E-state index contributed by atoms with van der Waals surface area (Å²) in [7, 11) is 0. The van der Waals surface area contributed by atoms with Crippen LogP contribution in [0.15, 0.2) is 0 Å². The van der Waals surface area contributed by atoms with E-state index in [9.17, 15) is 4.79 Å². The van der Waals surface area contributed by atoms with Gasteiger partial charge in [0.15, 0.2) is 0 Å². The van der Waals surface area contributed by atoms with E-state index in [0.29, 0.717) is 24.4 Å². The summed E-state index contributed by atoms with van der Waals surface area (Å²) in [6.07, 6.45) is 2.62. The van der Waals surface area contributed by atoms with Gasteiger partial charge in [-0.3, -0.25) is 0 Å². The molecule has 0 unspecified atom stereocenters. The van der Waals surface area contributed by atoms with Crippen LogP contribution in [-0.4, -0.2) is 53.7 Å². The predicted octanol–water partition coefficient (Wildman–Crippen LogP) is 2.11. The summed E-state index contributed by atoms with van der Waals surface area (Å²) < 4.78 is 0. The maximum Gasteiger partial charge on any atom is 0.407 e. The molecule has 0 atom stereocenters. The van der Waals surface area contributed by atoms with Crippen molar-refractivity contribution in [3.63, 3.8) is 0 Å². The van der Waals surface area contributed by atoms with E-state index in [-0.39, 0.29) is 0 Å². The minimum Gasteiger partial charge on any atom is -0.465 e. The van der Waals surface area contributed by atoms with Crippen LogP contribution in [0.25, 0.3) is 0 Å². The fourth-order valence-corrected chi connectivity index (χ4v) is 3.10. The number of likely N-dealkylation sites (tertiary alicyclic amines) is 2. The van der Waals surface area contributed by atoms with Crippen LogP contribution in [0, 0.1) is 11.3 Å². The van der Waals surface area contributed by atoms with Crippen LogP contribution in [0.4, 0.5) is 4.79 Å². The molecule has 2 saturated heterocycles. The summed E-state index contributed by atoms with van der Waals surface area (Å²) >= 11 is 0. The molecule has 2 rings (SSSR count). The van der Waals surface area contributed by atoms with Gasteiger partial charge in [0.2, 0.25) is 0 Å². The summed E-state index contributed by atoms with van der Waals surface area (Å²) in [4.78, 5) is 14.9. The van der Waals surface area contributed by atoms with Gasteiger partial charge in [-0.1, -0.05) is 13.8 Å². The summed E-state index contributed by atoms with van der Waals surface area (Å²) in [6.45, 7) is 9.77. The first-order valence-corrected chi connectivity index (χ1v) is 6.69. The zero-order valence-corrected chi connectivity index (χ0v) is 11.0. The molecule has 0 aromatic heterocycles. The molecule has 1 amide bonds. The Hall–Kier alpha value is -0.770. The lowest BCUT2D eigenvalue weighted by molar-refractivity contribution is 0.0428. The molecule has 2 aliphatic heterocycles. The molecule has 0 aliphatic carbocycles. The van der Waals surface area contributed by atoms with E-state index >= 15 is 0 Å². The van der Waals surface area contributed by atoms with E-state index < -0.39 is 6.09 Å². The quantitative estimate of drug-likeness (QED) is 0.821. The third-order valence-corrected chi connectivity index (χ3v) is 4.45. The van der Waals surface area contributed by atoms with E-state index in [1.165, 1.54) is 26.1 Å². The first-order valence-electron chi connectivity index (χ1n) is 6.69. The predicted molar refractivity (Wildman–Crippen MR) is 67.2 cm³/mol. The molecular weight excluding hydrogens is 216 g/mol. The summed E-state index contributed by atoms with van der Waals surface area (Å²) in [6, 6.07) is 0. The van der Waals surface area contributed by atoms with Gasteiger partial charge in [-0.05, 0) is 43.7 Å². The van der Waals surface area contributed by atoms with Crippen LogP contribution in [0.3, 0.4) is 0 Å². The van der Waals surface area contributed by atoms with Crippen molar-refractivity contribution in [3.05, 3.63) is 0 Å². The molecule has 1 N–H and O–H groups in total. The largest absolute Gasteiger partial charge is 0.465 e. The van der Waals surface area contributed by atoms with Crippen molar-refractivity contribution >= 4 is 6.09 Å². The normalized spacial score (nSPS) is 23.5. The number of hydrogen-bond acceptors (Lipinski definition) is 2. The van der Waals surface area contributed by atoms with Gasteiger partial charge in [-0.25, -0.2) is 4.79 Å². The lowest BCUT2D eigenvalue weighted by atomic mass is 9.73. The third kappa shape index (κ3) is 2.92. The highest BCUT2D eigenvalue weighted by Gasteiger charge is 2.35. The number of rotatable bonds is 3. The van der Waals surface area contributed by atoms with Crippen LogP contribution >= 0.6 is 0 Å². The monoisotopic (exact) mass is 240 g/mol. The lowest BCUT2D eigenvalue weighted by Crippen LogP contribution is -2.48. The summed E-state index contributed by atoms with van der Waals surface area (Å²) in [5.41, 5.74) is 0.324. The summed E-state index contributed by atoms with van der Waals surface area (Å²) in [5, 5.41) is 8.94. The van der Waals surface area contributed by atoms with Crippen molar-refractivity contribution < 1.29 is 9.90 Å². The Kier molecular flexibility index (Phi) is 3.61. The Bertz CT molecular complexity index is 279. The van der Waals surface area contributed by atoms with Gasteiger partial charge in [-0.2, -0.15) is 0 Å². The molecule has 2 aliphatic rings. The molecule has 17 heavy (non-hydrogen) atoms. The van der Waals surface area contributed by atoms with Gasteiger partial charge < -0.3 is 14.9 Å². The molecule has 4 nitrogen and oxygen atoms in total. The lowest BCUT2D eigenvalue weighted by Gasteiger charge is -2.44. The maximum absolute atomic E-state index is 10.9. The molecule has 0 spiro atoms. The van der Waals surface area contributed by atoms with Gasteiger partial charge in [-0.15, -0.1) is 0 Å². The third-order valence-electron chi connectivity index (χ3n) is 4.45. The van der Waals surface area contributed by atoms with Crippen LogP contribution in [-0.2, 0) is 0 Å². The molecule has 98 valence electrons. The second kappa shape index (κ2) is 4.84. The van der Waals surface area contributed by atoms with Gasteiger partial charge >= 0.3 is 6.09 Å². The molecular formula is C13H24N2O2. The second-order valence-corrected chi connectivity index (χ2v) is 6.16. The van der Waals surface area contributed by atoms with E-state index in [2.05, 4.69) is 18.7 Å². The zero-order chi connectivity index (χ0) is 12.5. The number of piperidine rings is 1. The molecule has 0 aromatic rings. The van der Waals surface area contributed by atoms with Crippen molar-refractivity contribution in [2.75, 3.05) is 32.7 Å².